The summed E-state index contributed by atoms with van der Waals surface area (Å²) < 4.78 is 48.8. The number of alkyl halides is 3. The number of halogens is 3. The Labute approximate surface area is 120 Å². The third-order valence-electron chi connectivity index (χ3n) is 2.43. The van der Waals surface area contributed by atoms with Crippen molar-refractivity contribution in [3.8, 4) is 0 Å². The van der Waals surface area contributed by atoms with E-state index in [1.807, 2.05) is 20.8 Å². The highest BCUT2D eigenvalue weighted by Gasteiger charge is 2.36. The summed E-state index contributed by atoms with van der Waals surface area (Å²) in [5.74, 6) is 0. The van der Waals surface area contributed by atoms with E-state index < -0.39 is 23.5 Å². The first kappa shape index (κ1) is 17.4. The van der Waals surface area contributed by atoms with Gasteiger partial charge in [-0.25, -0.2) is 4.98 Å². The van der Waals surface area contributed by atoms with E-state index in [-0.39, 0.29) is 0 Å². The molecule has 1 unspecified atom stereocenters. The molecular weight excluding hydrogens is 293 g/mol. The summed E-state index contributed by atoms with van der Waals surface area (Å²) in [5, 5.41) is 2.23. The Balaban J connectivity index is 2.96. The Morgan fingerprint density at radius 3 is 2.25 bits per heavy atom. The zero-order chi connectivity index (χ0) is 15.2. The highest BCUT2D eigenvalue weighted by atomic mass is 32.1. The number of nitrogens with one attached hydrogen (secondary N) is 1. The number of rotatable bonds is 8. The third kappa shape index (κ3) is 4.69. The average molecular weight is 312 g/mol. The first-order valence-corrected chi connectivity index (χ1v) is 7.25. The van der Waals surface area contributed by atoms with Crippen LogP contribution in [0.4, 0.5) is 13.2 Å². The molecule has 0 amide bonds. The maximum atomic E-state index is 12.6. The number of likely N-dealkylation sites (N-methyl/N-ethyl adjacent to an activating group) is 1. The largest absolute Gasteiger partial charge is 0.443 e. The standard InChI is InChI=1S/C12H19F3N2O2S/c1-4-16-9(10(18-5-2)19-6-3)8-7-17-11(20-8)12(13,14)15/h7,9-10,16H,4-6H2,1-3H3. The van der Waals surface area contributed by atoms with Crippen molar-refractivity contribution in [2.24, 2.45) is 0 Å². The van der Waals surface area contributed by atoms with Gasteiger partial charge in [0.1, 0.15) is 0 Å². The van der Waals surface area contributed by atoms with E-state index in [9.17, 15) is 13.2 Å². The lowest BCUT2D eigenvalue weighted by atomic mass is 10.2. The van der Waals surface area contributed by atoms with Crippen LogP contribution in [0.3, 0.4) is 0 Å². The molecule has 1 rings (SSSR count). The van der Waals surface area contributed by atoms with Gasteiger partial charge in [-0.2, -0.15) is 13.2 Å². The van der Waals surface area contributed by atoms with Gasteiger partial charge in [-0.05, 0) is 20.4 Å². The van der Waals surface area contributed by atoms with E-state index in [0.717, 1.165) is 0 Å². The van der Waals surface area contributed by atoms with Crippen LogP contribution in [0.5, 0.6) is 0 Å². The van der Waals surface area contributed by atoms with Gasteiger partial charge in [0.15, 0.2) is 11.3 Å². The molecular formula is C12H19F3N2O2S. The first-order chi connectivity index (χ1) is 9.43. The van der Waals surface area contributed by atoms with E-state index in [4.69, 9.17) is 9.47 Å². The Hall–Kier alpha value is -0.700. The van der Waals surface area contributed by atoms with Crippen molar-refractivity contribution in [3.05, 3.63) is 16.1 Å². The molecule has 116 valence electrons. The van der Waals surface area contributed by atoms with Crippen LogP contribution in [0.15, 0.2) is 6.20 Å². The minimum absolute atomic E-state index is 0.414. The smallest absolute Gasteiger partial charge is 0.351 e. The molecule has 0 radical (unpaired) electrons. The Morgan fingerprint density at radius 1 is 1.25 bits per heavy atom. The molecule has 1 atom stereocenters. The molecule has 0 bridgehead atoms. The Kier molecular flexibility index (Phi) is 6.87. The van der Waals surface area contributed by atoms with E-state index in [0.29, 0.717) is 36.0 Å². The molecule has 1 aromatic rings. The lowest BCUT2D eigenvalue weighted by molar-refractivity contribution is -0.154. The van der Waals surface area contributed by atoms with Gasteiger partial charge in [-0.3, -0.25) is 0 Å². The lowest BCUT2D eigenvalue weighted by Crippen LogP contribution is -2.35. The van der Waals surface area contributed by atoms with E-state index in [1.54, 1.807) is 0 Å². The van der Waals surface area contributed by atoms with Crippen molar-refractivity contribution in [3.63, 3.8) is 0 Å². The minimum Gasteiger partial charge on any atom is -0.351 e. The van der Waals surface area contributed by atoms with Crippen LogP contribution < -0.4 is 5.32 Å². The van der Waals surface area contributed by atoms with Gasteiger partial charge in [-0.15, -0.1) is 11.3 Å². The molecule has 0 aromatic carbocycles. The summed E-state index contributed by atoms with van der Waals surface area (Å²) in [6, 6.07) is -0.464. The topological polar surface area (TPSA) is 43.4 Å². The van der Waals surface area contributed by atoms with Crippen LogP contribution in [0.25, 0.3) is 0 Å². The quantitative estimate of drug-likeness (QED) is 0.749. The molecule has 0 saturated carbocycles. The van der Waals surface area contributed by atoms with Gasteiger partial charge in [-0.1, -0.05) is 6.92 Å². The molecule has 0 fully saturated rings. The van der Waals surface area contributed by atoms with Crippen LogP contribution in [0.1, 0.15) is 36.7 Å². The summed E-state index contributed by atoms with van der Waals surface area (Å²) in [6.45, 7) is 6.90. The molecule has 0 aliphatic rings. The van der Waals surface area contributed by atoms with Crippen molar-refractivity contribution >= 4 is 11.3 Å². The molecule has 0 aliphatic carbocycles. The van der Waals surface area contributed by atoms with Crippen molar-refractivity contribution < 1.29 is 22.6 Å². The summed E-state index contributed by atoms with van der Waals surface area (Å²) in [7, 11) is 0. The fourth-order valence-electron chi connectivity index (χ4n) is 1.68. The highest BCUT2D eigenvalue weighted by molar-refractivity contribution is 7.11. The summed E-state index contributed by atoms with van der Waals surface area (Å²) in [4.78, 5) is 3.89. The second kappa shape index (κ2) is 7.92. The monoisotopic (exact) mass is 312 g/mol. The van der Waals surface area contributed by atoms with Gasteiger partial charge in [0.2, 0.25) is 0 Å². The number of hydrogen-bond acceptors (Lipinski definition) is 5. The van der Waals surface area contributed by atoms with Crippen molar-refractivity contribution in [2.45, 2.75) is 39.3 Å². The molecule has 1 heterocycles. The van der Waals surface area contributed by atoms with Gasteiger partial charge in [0, 0.05) is 24.3 Å². The number of thiazole rings is 1. The lowest BCUT2D eigenvalue weighted by Gasteiger charge is -2.26. The summed E-state index contributed by atoms with van der Waals surface area (Å²) in [5.41, 5.74) is 0. The Morgan fingerprint density at radius 2 is 1.85 bits per heavy atom. The maximum absolute atomic E-state index is 12.6. The van der Waals surface area contributed by atoms with E-state index >= 15 is 0 Å². The fourth-order valence-corrected chi connectivity index (χ4v) is 2.55. The van der Waals surface area contributed by atoms with Crippen LogP contribution in [-0.2, 0) is 15.7 Å². The molecule has 1 aromatic heterocycles. The van der Waals surface area contributed by atoms with E-state index in [1.165, 1.54) is 6.20 Å². The van der Waals surface area contributed by atoms with Gasteiger partial charge in [0.05, 0.1) is 6.04 Å². The minimum atomic E-state index is -4.42. The second-order valence-corrected chi connectivity index (χ2v) is 4.94. The zero-order valence-electron chi connectivity index (χ0n) is 11.7. The van der Waals surface area contributed by atoms with Crippen LogP contribution in [0.2, 0.25) is 0 Å². The van der Waals surface area contributed by atoms with Crippen LogP contribution in [-0.4, -0.2) is 31.0 Å². The van der Waals surface area contributed by atoms with Crippen molar-refractivity contribution in [2.75, 3.05) is 19.8 Å². The maximum Gasteiger partial charge on any atom is 0.443 e. The zero-order valence-corrected chi connectivity index (χ0v) is 12.5. The number of aromatic nitrogens is 1. The van der Waals surface area contributed by atoms with Gasteiger partial charge < -0.3 is 14.8 Å². The normalized spacial score (nSPS) is 13.9. The Bertz CT molecular complexity index is 392. The highest BCUT2D eigenvalue weighted by Crippen LogP contribution is 2.35. The summed E-state index contributed by atoms with van der Waals surface area (Å²) in [6.07, 6.45) is -3.83. The molecule has 4 nitrogen and oxygen atoms in total. The summed E-state index contributed by atoms with van der Waals surface area (Å²) >= 11 is 0.609. The average Bonchev–Trinajstić information content (AvgIpc) is 2.85. The molecule has 8 heteroatoms. The number of nitrogens with zero attached hydrogens (tertiary/aromatic N) is 1. The second-order valence-electron chi connectivity index (χ2n) is 3.88. The number of hydrogen-bond donors (Lipinski definition) is 1. The van der Waals surface area contributed by atoms with Crippen molar-refractivity contribution in [1.29, 1.82) is 0 Å². The third-order valence-corrected chi connectivity index (χ3v) is 3.56. The van der Waals surface area contributed by atoms with Gasteiger partial charge in [0.25, 0.3) is 0 Å². The van der Waals surface area contributed by atoms with Gasteiger partial charge >= 0.3 is 6.18 Å². The first-order valence-electron chi connectivity index (χ1n) is 6.43. The van der Waals surface area contributed by atoms with Crippen molar-refractivity contribution in [1.82, 2.24) is 10.3 Å². The van der Waals surface area contributed by atoms with Crippen LogP contribution >= 0.6 is 11.3 Å². The fraction of sp³-hybridized carbons (Fsp3) is 0.750. The predicted molar refractivity (Wildman–Crippen MR) is 70.6 cm³/mol. The molecule has 0 aliphatic heterocycles. The molecule has 20 heavy (non-hydrogen) atoms. The van der Waals surface area contributed by atoms with E-state index in [2.05, 4.69) is 10.3 Å². The SMILES string of the molecule is CCNC(c1cnc(C(F)(F)F)s1)C(OCC)OCC. The molecule has 0 spiro atoms. The molecule has 0 saturated heterocycles. The molecule has 1 N–H and O–H groups in total. The predicted octanol–water partition coefficient (Wildman–Crippen LogP) is 3.21. The number of ether oxygens (including phenoxy) is 2. The van der Waals surface area contributed by atoms with Crippen LogP contribution in [0, 0.1) is 0 Å².